The third kappa shape index (κ3) is 2.40. The van der Waals surface area contributed by atoms with Crippen LogP contribution < -0.4 is 9.80 Å². The molecule has 0 spiro atoms. The van der Waals surface area contributed by atoms with Gasteiger partial charge in [0.05, 0.1) is 17.9 Å². The average Bonchev–Trinajstić information content (AvgIpc) is 2.99. The minimum absolute atomic E-state index is 0.520. The molecule has 0 bridgehead atoms. The molecule has 2 fully saturated rings. The topological polar surface area (TPSA) is 45.2 Å². The summed E-state index contributed by atoms with van der Waals surface area (Å²) in [5.41, 5.74) is 0.985. The Hall–Kier alpha value is -2.17. The highest BCUT2D eigenvalue weighted by molar-refractivity contribution is 5.45. The lowest BCUT2D eigenvalue weighted by Crippen LogP contribution is -2.48. The average molecular weight is 295 g/mol. The van der Waals surface area contributed by atoms with E-state index in [9.17, 15) is 0 Å². The molecule has 2 saturated heterocycles. The summed E-state index contributed by atoms with van der Waals surface area (Å²) in [6, 6.07) is 6.66. The number of rotatable bonds is 2. The molecule has 0 N–H and O–H groups in total. The predicted octanol–water partition coefficient (Wildman–Crippen LogP) is 2.29. The Kier molecular flexibility index (Phi) is 3.41. The van der Waals surface area contributed by atoms with Gasteiger partial charge in [-0.25, -0.2) is 9.97 Å². The van der Waals surface area contributed by atoms with Gasteiger partial charge in [0.15, 0.2) is 0 Å². The molecule has 22 heavy (non-hydrogen) atoms. The lowest BCUT2D eigenvalue weighted by atomic mass is 9.92. The fourth-order valence-electron chi connectivity index (χ4n) is 3.76. The van der Waals surface area contributed by atoms with Gasteiger partial charge in [0, 0.05) is 32.0 Å². The van der Waals surface area contributed by atoms with Crippen LogP contribution in [0.1, 0.15) is 18.5 Å². The van der Waals surface area contributed by atoms with Crippen molar-refractivity contribution < 1.29 is 0 Å². The van der Waals surface area contributed by atoms with Crippen molar-refractivity contribution in [1.82, 2.24) is 15.0 Å². The van der Waals surface area contributed by atoms with E-state index in [1.165, 1.54) is 12.8 Å². The second-order valence-corrected chi connectivity index (χ2v) is 6.25. The van der Waals surface area contributed by atoms with Crippen LogP contribution in [-0.4, -0.2) is 40.6 Å². The number of anilines is 2. The first-order valence-electron chi connectivity index (χ1n) is 8.02. The van der Waals surface area contributed by atoms with Crippen molar-refractivity contribution in [1.29, 1.82) is 0 Å². The number of aromatic nitrogens is 3. The van der Waals surface area contributed by atoms with Crippen LogP contribution in [0.5, 0.6) is 0 Å². The quantitative estimate of drug-likeness (QED) is 0.850. The van der Waals surface area contributed by atoms with Crippen LogP contribution in [0.3, 0.4) is 0 Å². The summed E-state index contributed by atoms with van der Waals surface area (Å²) in [5, 5.41) is 0. The molecule has 0 aromatic carbocycles. The zero-order valence-corrected chi connectivity index (χ0v) is 12.9. The lowest BCUT2D eigenvalue weighted by Gasteiger charge is -2.39. The number of fused-ring (bicyclic) bond motifs is 1. The number of aryl methyl sites for hydroxylation is 1. The van der Waals surface area contributed by atoms with Crippen LogP contribution >= 0.6 is 0 Å². The van der Waals surface area contributed by atoms with E-state index in [-0.39, 0.29) is 0 Å². The summed E-state index contributed by atoms with van der Waals surface area (Å²) in [6.07, 6.45) is 8.08. The highest BCUT2D eigenvalue weighted by Crippen LogP contribution is 2.35. The Balaban J connectivity index is 1.57. The summed E-state index contributed by atoms with van der Waals surface area (Å²) in [4.78, 5) is 18.3. The molecule has 0 radical (unpaired) electrons. The van der Waals surface area contributed by atoms with Crippen LogP contribution in [0.4, 0.5) is 11.6 Å². The highest BCUT2D eigenvalue weighted by atomic mass is 15.3. The Bertz CT molecular complexity index is 645. The SMILES string of the molecule is Cc1cncc(N2CCC3CCN(c4ccccn4)CC32)n1. The molecule has 4 heterocycles. The molecule has 2 aliphatic heterocycles. The molecule has 5 nitrogen and oxygen atoms in total. The van der Waals surface area contributed by atoms with Crippen molar-refractivity contribution in [3.05, 3.63) is 42.5 Å². The summed E-state index contributed by atoms with van der Waals surface area (Å²) in [5.74, 6) is 2.88. The summed E-state index contributed by atoms with van der Waals surface area (Å²) < 4.78 is 0. The maximum Gasteiger partial charge on any atom is 0.147 e. The molecule has 2 atom stereocenters. The number of hydrogen-bond donors (Lipinski definition) is 0. The van der Waals surface area contributed by atoms with Crippen molar-refractivity contribution >= 4 is 11.6 Å². The minimum atomic E-state index is 0.520. The van der Waals surface area contributed by atoms with Crippen molar-refractivity contribution in [2.75, 3.05) is 29.4 Å². The second-order valence-electron chi connectivity index (χ2n) is 6.25. The van der Waals surface area contributed by atoms with Gasteiger partial charge in [0.2, 0.25) is 0 Å². The molecule has 0 amide bonds. The van der Waals surface area contributed by atoms with Gasteiger partial charge < -0.3 is 9.80 Å². The van der Waals surface area contributed by atoms with Gasteiger partial charge in [-0.05, 0) is 37.8 Å². The first kappa shape index (κ1) is 13.5. The lowest BCUT2D eigenvalue weighted by molar-refractivity contribution is 0.388. The van der Waals surface area contributed by atoms with E-state index in [0.29, 0.717) is 6.04 Å². The molecule has 0 aliphatic carbocycles. The van der Waals surface area contributed by atoms with Gasteiger partial charge in [0.25, 0.3) is 0 Å². The third-order valence-electron chi connectivity index (χ3n) is 4.87. The van der Waals surface area contributed by atoms with Crippen LogP contribution in [0.15, 0.2) is 36.8 Å². The van der Waals surface area contributed by atoms with Crippen molar-refractivity contribution in [2.24, 2.45) is 5.92 Å². The molecule has 2 aliphatic rings. The molecule has 5 heteroatoms. The van der Waals surface area contributed by atoms with Crippen LogP contribution in [0.2, 0.25) is 0 Å². The largest absolute Gasteiger partial charge is 0.355 e. The van der Waals surface area contributed by atoms with Gasteiger partial charge in [0.1, 0.15) is 11.6 Å². The summed E-state index contributed by atoms with van der Waals surface area (Å²) in [6.45, 7) is 5.22. The first-order valence-corrected chi connectivity index (χ1v) is 8.02. The molecular formula is C17H21N5. The number of piperidine rings is 1. The maximum absolute atomic E-state index is 4.67. The molecule has 2 unspecified atom stereocenters. The smallest absolute Gasteiger partial charge is 0.147 e. The third-order valence-corrected chi connectivity index (χ3v) is 4.87. The number of pyridine rings is 1. The Morgan fingerprint density at radius 2 is 2.00 bits per heavy atom. The van der Waals surface area contributed by atoms with Gasteiger partial charge in [-0.15, -0.1) is 0 Å². The van der Waals surface area contributed by atoms with Crippen molar-refractivity contribution in [3.8, 4) is 0 Å². The Morgan fingerprint density at radius 3 is 2.82 bits per heavy atom. The van der Waals surface area contributed by atoms with E-state index in [4.69, 9.17) is 0 Å². The van der Waals surface area contributed by atoms with E-state index in [0.717, 1.165) is 42.9 Å². The van der Waals surface area contributed by atoms with Gasteiger partial charge in [-0.2, -0.15) is 0 Å². The number of nitrogens with zero attached hydrogens (tertiary/aromatic N) is 5. The van der Waals surface area contributed by atoms with E-state index in [1.54, 1.807) is 0 Å². The molecule has 2 aromatic rings. The van der Waals surface area contributed by atoms with E-state index < -0.39 is 0 Å². The highest BCUT2D eigenvalue weighted by Gasteiger charge is 2.39. The molecule has 114 valence electrons. The minimum Gasteiger partial charge on any atom is -0.355 e. The van der Waals surface area contributed by atoms with Crippen LogP contribution in [-0.2, 0) is 0 Å². The first-order chi connectivity index (χ1) is 10.8. The monoisotopic (exact) mass is 295 g/mol. The predicted molar refractivity (Wildman–Crippen MR) is 87.1 cm³/mol. The van der Waals surface area contributed by atoms with Crippen LogP contribution in [0, 0.1) is 12.8 Å². The van der Waals surface area contributed by atoms with Crippen LogP contribution in [0.25, 0.3) is 0 Å². The van der Waals surface area contributed by atoms with Gasteiger partial charge in [-0.1, -0.05) is 6.07 Å². The zero-order chi connectivity index (χ0) is 14.9. The normalized spacial score (nSPS) is 24.4. The molecule has 4 rings (SSSR count). The fraction of sp³-hybridized carbons (Fsp3) is 0.471. The Labute approximate surface area is 131 Å². The zero-order valence-electron chi connectivity index (χ0n) is 12.9. The van der Waals surface area contributed by atoms with E-state index in [1.807, 2.05) is 31.6 Å². The standard InChI is InChI=1S/C17H21N5/c1-13-10-18-11-17(20-13)22-9-6-14-5-8-21(12-15(14)22)16-4-2-3-7-19-16/h2-4,7,10-11,14-15H,5-6,8-9,12H2,1H3. The summed E-state index contributed by atoms with van der Waals surface area (Å²) in [7, 11) is 0. The Morgan fingerprint density at radius 1 is 1.09 bits per heavy atom. The van der Waals surface area contributed by atoms with E-state index in [2.05, 4.69) is 36.9 Å². The molecular weight excluding hydrogens is 274 g/mol. The summed E-state index contributed by atoms with van der Waals surface area (Å²) >= 11 is 0. The second kappa shape index (κ2) is 5.55. The van der Waals surface area contributed by atoms with Gasteiger partial charge in [-0.3, -0.25) is 4.98 Å². The molecule has 0 saturated carbocycles. The van der Waals surface area contributed by atoms with Crippen molar-refractivity contribution in [3.63, 3.8) is 0 Å². The molecule has 2 aromatic heterocycles. The van der Waals surface area contributed by atoms with E-state index >= 15 is 0 Å². The van der Waals surface area contributed by atoms with Crippen molar-refractivity contribution in [2.45, 2.75) is 25.8 Å². The van der Waals surface area contributed by atoms with Gasteiger partial charge >= 0.3 is 0 Å². The maximum atomic E-state index is 4.67. The number of hydrogen-bond acceptors (Lipinski definition) is 5. The fourth-order valence-corrected chi connectivity index (χ4v) is 3.76.